The fourth-order valence-corrected chi connectivity index (χ4v) is 7.52. The van der Waals surface area contributed by atoms with Crippen LogP contribution >= 0.6 is 0 Å². The molecule has 7 atom stereocenters. The molecule has 6 heteroatoms. The van der Waals surface area contributed by atoms with E-state index in [1.165, 1.54) is 57.8 Å². The summed E-state index contributed by atoms with van der Waals surface area (Å²) in [5, 5.41) is 31.6. The highest BCUT2D eigenvalue weighted by Gasteiger charge is 2.34. The first-order chi connectivity index (χ1) is 21.3. The molecule has 0 amide bonds. The van der Waals surface area contributed by atoms with E-state index < -0.39 is 12.2 Å². The summed E-state index contributed by atoms with van der Waals surface area (Å²) in [6.45, 7) is 3.83. The Bertz CT molecular complexity index is 741. The molecular weight excluding hydrogens is 552 g/mol. The van der Waals surface area contributed by atoms with Gasteiger partial charge in [-0.05, 0) is 57.8 Å². The van der Waals surface area contributed by atoms with E-state index in [1.807, 2.05) is 0 Å². The van der Waals surface area contributed by atoms with Gasteiger partial charge in [0.15, 0.2) is 0 Å². The molecule has 0 bridgehead atoms. The van der Waals surface area contributed by atoms with Crippen LogP contribution in [0.2, 0.25) is 0 Å². The molecule has 44 heavy (non-hydrogen) atoms. The molecule has 6 nitrogen and oxygen atoms in total. The van der Waals surface area contributed by atoms with Crippen LogP contribution in [0, 0.1) is 11.8 Å². The van der Waals surface area contributed by atoms with E-state index in [0.717, 1.165) is 103 Å². The van der Waals surface area contributed by atoms with Crippen molar-refractivity contribution in [3.63, 3.8) is 0 Å². The summed E-state index contributed by atoms with van der Waals surface area (Å²) in [4.78, 5) is 23.4. The van der Waals surface area contributed by atoms with Crippen LogP contribution in [0.1, 0.15) is 187 Å². The zero-order valence-corrected chi connectivity index (χ0v) is 28.7. The van der Waals surface area contributed by atoms with E-state index in [2.05, 4.69) is 6.92 Å². The van der Waals surface area contributed by atoms with Crippen LogP contribution in [0.5, 0.6) is 0 Å². The van der Waals surface area contributed by atoms with Gasteiger partial charge in [-0.1, -0.05) is 122 Å². The number of carbonyl (C=O) groups is 2. The van der Waals surface area contributed by atoms with Gasteiger partial charge in [0.25, 0.3) is 0 Å². The van der Waals surface area contributed by atoms with Gasteiger partial charge in [-0.15, -0.1) is 0 Å². The average molecular weight is 623 g/mol. The van der Waals surface area contributed by atoms with Crippen molar-refractivity contribution in [1.82, 2.24) is 0 Å². The van der Waals surface area contributed by atoms with Gasteiger partial charge in [0, 0.05) is 18.8 Å². The molecule has 0 aromatic carbocycles. The Hall–Kier alpha value is -0.820. The van der Waals surface area contributed by atoms with Crippen LogP contribution in [0.25, 0.3) is 0 Å². The van der Waals surface area contributed by atoms with Crippen LogP contribution in [0.3, 0.4) is 0 Å². The zero-order chi connectivity index (χ0) is 32.0. The number of aliphatic hydroxyl groups excluding tert-OH is 3. The molecular formula is C38H70O6. The summed E-state index contributed by atoms with van der Waals surface area (Å²) in [6.07, 6.45) is 26.9. The number of rotatable bonds is 28. The van der Waals surface area contributed by atoms with E-state index in [0.29, 0.717) is 18.8 Å². The van der Waals surface area contributed by atoms with Crippen molar-refractivity contribution < 1.29 is 29.6 Å². The second-order valence-electron chi connectivity index (χ2n) is 14.6. The van der Waals surface area contributed by atoms with E-state index >= 15 is 0 Å². The first-order valence-electron chi connectivity index (χ1n) is 19.0. The Kier molecular flexibility index (Phi) is 21.8. The molecule has 1 aliphatic carbocycles. The minimum atomic E-state index is -0.447. The lowest BCUT2D eigenvalue weighted by atomic mass is 9.95. The fraction of sp³-hybridized carbons (Fsp3) is 0.947. The monoisotopic (exact) mass is 623 g/mol. The van der Waals surface area contributed by atoms with E-state index in [9.17, 15) is 24.9 Å². The number of unbranched alkanes of at least 4 members (excludes halogenated alkanes) is 14. The maximum absolute atomic E-state index is 12.1. The van der Waals surface area contributed by atoms with Crippen molar-refractivity contribution in [2.24, 2.45) is 11.8 Å². The number of Topliss-reactive ketones (excluding diaryl/α,β-unsaturated/α-hetero) is 2. The molecule has 2 rings (SSSR count). The molecule has 1 heterocycles. The van der Waals surface area contributed by atoms with Gasteiger partial charge in [-0.25, -0.2) is 0 Å². The third-order valence-corrected chi connectivity index (χ3v) is 10.3. The highest BCUT2D eigenvalue weighted by atomic mass is 16.5. The predicted molar refractivity (Wildman–Crippen MR) is 180 cm³/mol. The summed E-state index contributed by atoms with van der Waals surface area (Å²) >= 11 is 0. The predicted octanol–water partition coefficient (Wildman–Crippen LogP) is 8.79. The summed E-state index contributed by atoms with van der Waals surface area (Å²) in [5.74, 6) is 0.811. The largest absolute Gasteiger partial charge is 0.393 e. The van der Waals surface area contributed by atoms with Gasteiger partial charge in [0.2, 0.25) is 0 Å². The van der Waals surface area contributed by atoms with Crippen LogP contribution in [0.15, 0.2) is 0 Å². The number of ether oxygens (including phenoxy) is 1. The topological polar surface area (TPSA) is 104 Å². The molecule has 0 unspecified atom stereocenters. The fourth-order valence-electron chi connectivity index (χ4n) is 7.52. The molecule has 1 saturated carbocycles. The Morgan fingerprint density at radius 3 is 1.66 bits per heavy atom. The standard InChI is InChI=1S/C38H70O6/c1-3-4-5-6-7-8-9-10-11-18-23-34(41)37-25-26-38(44-37)35(42)24-19-13-12-16-21-33(40)22-17-14-15-20-31-28-32(27-30(2)39)36(43)29-31/h31-35,37-38,40-42H,3-29H2,1-2H3/t31-,32-,33+,34-,35-,37-,38-/m1/s1. The molecule has 258 valence electrons. The number of hydrogen-bond acceptors (Lipinski definition) is 6. The summed E-state index contributed by atoms with van der Waals surface area (Å²) in [5.41, 5.74) is 0. The van der Waals surface area contributed by atoms with Crippen molar-refractivity contribution in [2.75, 3.05) is 0 Å². The number of aliphatic hydroxyl groups is 3. The minimum absolute atomic E-state index is 0.0334. The van der Waals surface area contributed by atoms with Crippen molar-refractivity contribution in [2.45, 2.75) is 218 Å². The van der Waals surface area contributed by atoms with E-state index in [-0.39, 0.29) is 35.8 Å². The molecule has 0 aromatic rings. The van der Waals surface area contributed by atoms with Crippen molar-refractivity contribution in [3.05, 3.63) is 0 Å². The summed E-state index contributed by atoms with van der Waals surface area (Å²) in [7, 11) is 0. The van der Waals surface area contributed by atoms with Crippen molar-refractivity contribution in [1.29, 1.82) is 0 Å². The second kappa shape index (κ2) is 24.4. The maximum Gasteiger partial charge on any atom is 0.136 e. The lowest BCUT2D eigenvalue weighted by Crippen LogP contribution is -2.31. The van der Waals surface area contributed by atoms with Crippen molar-refractivity contribution in [3.8, 4) is 0 Å². The minimum Gasteiger partial charge on any atom is -0.393 e. The third-order valence-electron chi connectivity index (χ3n) is 10.3. The van der Waals surface area contributed by atoms with Crippen LogP contribution < -0.4 is 0 Å². The van der Waals surface area contributed by atoms with E-state index in [4.69, 9.17) is 4.74 Å². The average Bonchev–Trinajstić information content (AvgIpc) is 3.62. The van der Waals surface area contributed by atoms with Crippen molar-refractivity contribution >= 4 is 11.6 Å². The molecule has 2 aliphatic rings. The molecule has 1 saturated heterocycles. The first-order valence-corrected chi connectivity index (χ1v) is 19.0. The van der Waals surface area contributed by atoms with Gasteiger partial charge in [-0.3, -0.25) is 4.79 Å². The first kappa shape index (κ1) is 39.4. The number of hydrogen-bond donors (Lipinski definition) is 3. The van der Waals surface area contributed by atoms with Crippen LogP contribution in [-0.4, -0.2) is 57.4 Å². The Morgan fingerprint density at radius 1 is 0.705 bits per heavy atom. The summed E-state index contributed by atoms with van der Waals surface area (Å²) in [6, 6.07) is 0. The van der Waals surface area contributed by atoms with Gasteiger partial charge in [0.1, 0.15) is 11.6 Å². The van der Waals surface area contributed by atoms with Gasteiger partial charge >= 0.3 is 0 Å². The lowest BCUT2D eigenvalue weighted by molar-refractivity contribution is -0.125. The SMILES string of the molecule is CCCCCCCCCCCC[C@@H](O)[C@H]1CC[C@H]([C@H](O)CCCCCC[C@H](O)CCCCC[C@H]2CC(=O)[C@H](CC(C)=O)C2)O1. The molecule has 1 aliphatic heterocycles. The molecule has 0 aromatic heterocycles. The second-order valence-corrected chi connectivity index (χ2v) is 14.6. The van der Waals surface area contributed by atoms with Crippen LogP contribution in [-0.2, 0) is 14.3 Å². The Labute approximate surface area is 270 Å². The third kappa shape index (κ3) is 17.8. The highest BCUT2D eigenvalue weighted by Crippen LogP contribution is 2.34. The molecule has 0 spiro atoms. The van der Waals surface area contributed by atoms with E-state index in [1.54, 1.807) is 6.92 Å². The van der Waals surface area contributed by atoms with Gasteiger partial charge in [-0.2, -0.15) is 0 Å². The normalized spacial score (nSPS) is 24.2. The van der Waals surface area contributed by atoms with Crippen LogP contribution in [0.4, 0.5) is 0 Å². The quantitative estimate of drug-likeness (QED) is 0.0754. The Morgan fingerprint density at radius 2 is 1.16 bits per heavy atom. The Balaban J connectivity index is 1.38. The lowest BCUT2D eigenvalue weighted by Gasteiger charge is -2.22. The summed E-state index contributed by atoms with van der Waals surface area (Å²) < 4.78 is 6.08. The van der Waals surface area contributed by atoms with Gasteiger partial charge < -0.3 is 24.9 Å². The highest BCUT2D eigenvalue weighted by molar-refractivity contribution is 5.88. The zero-order valence-electron chi connectivity index (χ0n) is 28.7. The molecule has 3 N–H and O–H groups in total. The molecule has 2 fully saturated rings. The number of ketones is 2. The molecule has 0 radical (unpaired) electrons. The van der Waals surface area contributed by atoms with Gasteiger partial charge in [0.05, 0.1) is 30.5 Å². The number of carbonyl (C=O) groups excluding carboxylic acids is 2. The smallest absolute Gasteiger partial charge is 0.136 e. The maximum atomic E-state index is 12.1.